The Morgan fingerprint density at radius 1 is 1.70 bits per heavy atom. The first kappa shape index (κ1) is 14.0. The fourth-order valence-electron chi connectivity index (χ4n) is 1.42. The Kier molecular flexibility index (Phi) is 4.32. The van der Waals surface area contributed by atoms with Crippen molar-refractivity contribution in [3.63, 3.8) is 0 Å². The first-order chi connectivity index (χ1) is 9.63. The van der Waals surface area contributed by atoms with Crippen molar-refractivity contribution in [2.45, 2.75) is 17.3 Å². The number of carbonyl (C=O) groups is 1. The van der Waals surface area contributed by atoms with Gasteiger partial charge in [-0.1, -0.05) is 17.7 Å². The summed E-state index contributed by atoms with van der Waals surface area (Å²) in [5.41, 5.74) is 0. The normalized spacial score (nSPS) is 11.8. The Bertz CT molecular complexity index is 629. The van der Waals surface area contributed by atoms with Crippen LogP contribution in [0.4, 0.5) is 0 Å². The molecule has 1 amide bonds. The largest absolute Gasteiger partial charge is 0.461 e. The molecule has 1 unspecified atom stereocenters. The molecule has 0 aliphatic rings. The molecule has 1 atom stereocenters. The third-order valence-electron chi connectivity index (χ3n) is 2.42. The molecule has 0 aliphatic carbocycles. The summed E-state index contributed by atoms with van der Waals surface area (Å²) < 4.78 is 6.49. The van der Waals surface area contributed by atoms with Gasteiger partial charge >= 0.3 is 0 Å². The molecule has 2 aromatic heterocycles. The molecule has 20 heavy (non-hydrogen) atoms. The number of hydrogen-bond donors (Lipinski definition) is 2. The minimum absolute atomic E-state index is 0.185. The molecule has 0 radical (unpaired) electrons. The molecular formula is C12H13N5O2S. The molecule has 2 rings (SSSR count). The van der Waals surface area contributed by atoms with E-state index in [0.717, 1.165) is 0 Å². The van der Waals surface area contributed by atoms with E-state index in [2.05, 4.69) is 21.4 Å². The molecule has 0 fully saturated rings. The quantitative estimate of drug-likeness (QED) is 0.472. The van der Waals surface area contributed by atoms with Crippen molar-refractivity contribution in [3.05, 3.63) is 18.4 Å². The van der Waals surface area contributed by atoms with E-state index in [1.54, 1.807) is 19.1 Å². The number of hydrogen-bond acceptors (Lipinski definition) is 6. The number of terminal acetylenes is 1. The Hall–Kier alpha value is -2.40. The molecule has 0 saturated carbocycles. The Labute approximate surface area is 119 Å². The number of nitrogens with zero attached hydrogens (tertiary/aromatic N) is 3. The number of furan rings is 1. The summed E-state index contributed by atoms with van der Waals surface area (Å²) in [4.78, 5) is 11.7. The number of carbonyl (C=O) groups excluding carboxylic acids is 1. The lowest BCUT2D eigenvalue weighted by atomic mass is 10.4. The lowest BCUT2D eigenvalue weighted by Crippen LogP contribution is -2.31. The van der Waals surface area contributed by atoms with Crippen LogP contribution in [0.1, 0.15) is 6.92 Å². The lowest BCUT2D eigenvalue weighted by Gasteiger charge is -2.09. The van der Waals surface area contributed by atoms with Gasteiger partial charge in [0.2, 0.25) is 16.9 Å². The number of amides is 1. The molecule has 0 aliphatic heterocycles. The minimum atomic E-state index is -0.390. The fraction of sp³-hybridized carbons (Fsp3) is 0.250. The van der Waals surface area contributed by atoms with Crippen LogP contribution in [0.3, 0.4) is 0 Å². The molecule has 0 spiro atoms. The van der Waals surface area contributed by atoms with Crippen LogP contribution in [0.2, 0.25) is 0 Å². The number of nitrogen functional groups attached to an aromatic ring is 1. The van der Waals surface area contributed by atoms with E-state index >= 15 is 0 Å². The monoisotopic (exact) mass is 291 g/mol. The zero-order valence-corrected chi connectivity index (χ0v) is 11.6. The third kappa shape index (κ3) is 2.95. The molecule has 8 heteroatoms. The van der Waals surface area contributed by atoms with Crippen molar-refractivity contribution in [1.29, 1.82) is 0 Å². The van der Waals surface area contributed by atoms with Crippen LogP contribution in [-0.2, 0) is 4.79 Å². The van der Waals surface area contributed by atoms with Crippen LogP contribution in [0.5, 0.6) is 0 Å². The highest BCUT2D eigenvalue weighted by Crippen LogP contribution is 2.24. The van der Waals surface area contributed by atoms with Gasteiger partial charge in [-0.2, -0.15) is 0 Å². The smallest absolute Gasteiger partial charge is 0.234 e. The molecule has 2 aromatic rings. The van der Waals surface area contributed by atoms with Gasteiger partial charge in [-0.05, 0) is 19.1 Å². The minimum Gasteiger partial charge on any atom is -0.461 e. The summed E-state index contributed by atoms with van der Waals surface area (Å²) in [6, 6.07) is 3.46. The predicted molar refractivity (Wildman–Crippen MR) is 75.0 cm³/mol. The molecule has 0 aromatic carbocycles. The van der Waals surface area contributed by atoms with Crippen molar-refractivity contribution in [3.8, 4) is 23.9 Å². The van der Waals surface area contributed by atoms with Crippen LogP contribution in [0.25, 0.3) is 11.6 Å². The summed E-state index contributed by atoms with van der Waals surface area (Å²) >= 11 is 1.19. The highest BCUT2D eigenvalue weighted by atomic mass is 32.2. The number of aromatic nitrogens is 3. The van der Waals surface area contributed by atoms with Crippen molar-refractivity contribution in [2.24, 2.45) is 0 Å². The maximum Gasteiger partial charge on any atom is 0.234 e. The van der Waals surface area contributed by atoms with E-state index in [1.807, 2.05) is 0 Å². The van der Waals surface area contributed by atoms with Crippen LogP contribution in [0.15, 0.2) is 28.0 Å². The van der Waals surface area contributed by atoms with Crippen molar-refractivity contribution < 1.29 is 9.21 Å². The summed E-state index contributed by atoms with van der Waals surface area (Å²) in [5, 5.41) is 10.5. The van der Waals surface area contributed by atoms with E-state index < -0.39 is 0 Å². The first-order valence-electron chi connectivity index (χ1n) is 5.75. The van der Waals surface area contributed by atoms with E-state index in [-0.39, 0.29) is 17.7 Å². The van der Waals surface area contributed by atoms with Gasteiger partial charge in [0.05, 0.1) is 18.1 Å². The Balaban J connectivity index is 2.08. The highest BCUT2D eigenvalue weighted by molar-refractivity contribution is 8.00. The Morgan fingerprint density at radius 3 is 3.15 bits per heavy atom. The maximum atomic E-state index is 11.7. The van der Waals surface area contributed by atoms with Crippen LogP contribution >= 0.6 is 11.8 Å². The standard InChI is InChI=1S/C12H13N5O2S/c1-3-6-14-11(18)8(2)20-12-16-15-10(17(12)13)9-5-4-7-19-9/h1,4-5,7-8H,6,13H2,2H3,(H,14,18). The van der Waals surface area contributed by atoms with Gasteiger partial charge in [0.15, 0.2) is 5.76 Å². The van der Waals surface area contributed by atoms with E-state index in [0.29, 0.717) is 16.7 Å². The topological polar surface area (TPSA) is 99.0 Å². The molecule has 2 heterocycles. The van der Waals surface area contributed by atoms with Crippen LogP contribution in [-0.4, -0.2) is 32.6 Å². The van der Waals surface area contributed by atoms with Gasteiger partial charge in [0.1, 0.15) is 0 Å². The number of nitrogens with one attached hydrogen (secondary N) is 1. The molecular weight excluding hydrogens is 278 g/mol. The van der Waals surface area contributed by atoms with Gasteiger partial charge in [0.25, 0.3) is 0 Å². The fourth-order valence-corrected chi connectivity index (χ4v) is 2.22. The van der Waals surface area contributed by atoms with Crippen LogP contribution in [0, 0.1) is 12.3 Å². The van der Waals surface area contributed by atoms with Crippen LogP contribution < -0.4 is 11.2 Å². The van der Waals surface area contributed by atoms with Gasteiger partial charge in [-0.25, -0.2) is 4.68 Å². The SMILES string of the molecule is C#CCNC(=O)C(C)Sc1nnc(-c2ccco2)n1N. The summed E-state index contributed by atoms with van der Waals surface area (Å²) in [5.74, 6) is 8.95. The van der Waals surface area contributed by atoms with E-state index in [9.17, 15) is 4.79 Å². The highest BCUT2D eigenvalue weighted by Gasteiger charge is 2.20. The van der Waals surface area contributed by atoms with Gasteiger partial charge < -0.3 is 15.6 Å². The second kappa shape index (κ2) is 6.16. The van der Waals surface area contributed by atoms with Crippen molar-refractivity contribution in [2.75, 3.05) is 12.4 Å². The molecule has 7 nitrogen and oxygen atoms in total. The number of rotatable bonds is 5. The zero-order chi connectivity index (χ0) is 14.5. The zero-order valence-electron chi connectivity index (χ0n) is 10.7. The summed E-state index contributed by atoms with van der Waals surface area (Å²) in [7, 11) is 0. The average molecular weight is 291 g/mol. The van der Waals surface area contributed by atoms with Crippen molar-refractivity contribution in [1.82, 2.24) is 20.2 Å². The molecule has 0 bridgehead atoms. The average Bonchev–Trinajstić information content (AvgIpc) is 3.07. The summed E-state index contributed by atoms with van der Waals surface area (Å²) in [6.07, 6.45) is 6.60. The molecule has 104 valence electrons. The summed E-state index contributed by atoms with van der Waals surface area (Å²) in [6.45, 7) is 1.93. The van der Waals surface area contributed by atoms with Crippen molar-refractivity contribution >= 4 is 17.7 Å². The Morgan fingerprint density at radius 2 is 2.50 bits per heavy atom. The van der Waals surface area contributed by atoms with Gasteiger partial charge in [-0.3, -0.25) is 4.79 Å². The van der Waals surface area contributed by atoms with E-state index in [1.165, 1.54) is 22.7 Å². The lowest BCUT2D eigenvalue weighted by molar-refractivity contribution is -0.120. The van der Waals surface area contributed by atoms with Gasteiger partial charge in [0, 0.05) is 0 Å². The van der Waals surface area contributed by atoms with Gasteiger partial charge in [-0.15, -0.1) is 16.6 Å². The van der Waals surface area contributed by atoms with E-state index in [4.69, 9.17) is 16.7 Å². The second-order valence-electron chi connectivity index (χ2n) is 3.84. The number of thioether (sulfide) groups is 1. The molecule has 3 N–H and O–H groups in total. The maximum absolute atomic E-state index is 11.7. The number of nitrogens with two attached hydrogens (primary N) is 1. The third-order valence-corrected chi connectivity index (χ3v) is 3.48. The molecule has 0 saturated heterocycles. The first-order valence-corrected chi connectivity index (χ1v) is 6.63. The second-order valence-corrected chi connectivity index (χ2v) is 5.14. The predicted octanol–water partition coefficient (Wildman–Crippen LogP) is 0.482.